The SMILES string of the molecule is CN(C)CCn1c(=O)n(C)c(=O)c2c1nc(Oc1cccc(CC(F)(F)F)c1)n2Cc1ccc(Cl)cc1. The first kappa shape index (κ1) is 26.5. The van der Waals surface area contributed by atoms with E-state index in [1.54, 1.807) is 24.3 Å². The molecule has 37 heavy (non-hydrogen) atoms. The molecular formula is C25H25ClF3N5O3. The number of rotatable bonds is 8. The number of hydrogen-bond acceptors (Lipinski definition) is 5. The zero-order valence-electron chi connectivity index (χ0n) is 20.4. The number of hydrogen-bond donors (Lipinski definition) is 0. The van der Waals surface area contributed by atoms with Crippen LogP contribution in [-0.2, 0) is 26.6 Å². The van der Waals surface area contributed by atoms with Gasteiger partial charge in [-0.3, -0.25) is 18.5 Å². The van der Waals surface area contributed by atoms with E-state index < -0.39 is 23.8 Å². The lowest BCUT2D eigenvalue weighted by Gasteiger charge is -2.13. The van der Waals surface area contributed by atoms with Gasteiger partial charge in [-0.15, -0.1) is 0 Å². The number of imidazole rings is 1. The molecule has 0 saturated heterocycles. The Hall–Kier alpha value is -3.57. The Morgan fingerprint density at radius 3 is 2.38 bits per heavy atom. The molecule has 0 aliphatic carbocycles. The Labute approximate surface area is 215 Å². The van der Waals surface area contributed by atoms with Crippen molar-refractivity contribution in [2.75, 3.05) is 20.6 Å². The minimum atomic E-state index is -4.38. The fourth-order valence-electron chi connectivity index (χ4n) is 3.89. The van der Waals surface area contributed by atoms with Crippen molar-refractivity contribution in [1.29, 1.82) is 0 Å². The summed E-state index contributed by atoms with van der Waals surface area (Å²) in [6.07, 6.45) is -5.49. The first-order valence-corrected chi connectivity index (χ1v) is 11.7. The van der Waals surface area contributed by atoms with Crippen LogP contribution in [0.2, 0.25) is 5.02 Å². The number of halogens is 4. The zero-order valence-corrected chi connectivity index (χ0v) is 21.2. The van der Waals surface area contributed by atoms with Gasteiger partial charge in [-0.05, 0) is 49.5 Å². The molecule has 0 fully saturated rings. The van der Waals surface area contributed by atoms with Crippen molar-refractivity contribution in [2.24, 2.45) is 7.05 Å². The standard InChI is InChI=1S/C25H25ClF3N5O3/c1-31(2)11-12-33-21-20(22(35)32(3)24(33)36)34(15-16-7-9-18(26)10-8-16)23(30-21)37-19-6-4-5-17(13-19)14-25(27,28)29/h4-10,13H,11-12,14-15H2,1-3H3. The lowest BCUT2D eigenvalue weighted by atomic mass is 10.1. The largest absolute Gasteiger partial charge is 0.425 e. The van der Waals surface area contributed by atoms with E-state index >= 15 is 0 Å². The summed E-state index contributed by atoms with van der Waals surface area (Å²) in [6, 6.07) is 12.5. The molecule has 0 N–H and O–H groups in total. The Bertz CT molecular complexity index is 1540. The average Bonchev–Trinajstić information content (AvgIpc) is 3.15. The summed E-state index contributed by atoms with van der Waals surface area (Å²) < 4.78 is 48.6. The summed E-state index contributed by atoms with van der Waals surface area (Å²) >= 11 is 6.01. The third kappa shape index (κ3) is 6.05. The number of fused-ring (bicyclic) bond motifs is 1. The molecule has 8 nitrogen and oxygen atoms in total. The fraction of sp³-hybridized carbons (Fsp3) is 0.320. The quantitative estimate of drug-likeness (QED) is 0.340. The van der Waals surface area contributed by atoms with Gasteiger partial charge in [-0.2, -0.15) is 18.2 Å². The van der Waals surface area contributed by atoms with Crippen molar-refractivity contribution in [2.45, 2.75) is 25.7 Å². The molecule has 2 heterocycles. The number of alkyl halides is 3. The second kappa shape index (κ2) is 10.4. The Kier molecular flexibility index (Phi) is 7.47. The highest BCUT2D eigenvalue weighted by Gasteiger charge is 2.28. The van der Waals surface area contributed by atoms with Gasteiger partial charge in [-0.25, -0.2) is 4.79 Å². The highest BCUT2D eigenvalue weighted by molar-refractivity contribution is 6.30. The van der Waals surface area contributed by atoms with E-state index in [0.29, 0.717) is 11.6 Å². The summed E-state index contributed by atoms with van der Waals surface area (Å²) in [6.45, 7) is 0.911. The molecular weight excluding hydrogens is 511 g/mol. The monoisotopic (exact) mass is 535 g/mol. The highest BCUT2D eigenvalue weighted by atomic mass is 35.5. The molecule has 4 aromatic rings. The van der Waals surface area contributed by atoms with Crippen LogP contribution >= 0.6 is 11.6 Å². The van der Waals surface area contributed by atoms with Gasteiger partial charge in [0.2, 0.25) is 0 Å². The maximum absolute atomic E-state index is 13.3. The molecule has 12 heteroatoms. The molecule has 0 bridgehead atoms. The van der Waals surface area contributed by atoms with Gasteiger partial charge in [0.25, 0.3) is 5.56 Å². The van der Waals surface area contributed by atoms with Gasteiger partial charge >= 0.3 is 17.9 Å². The molecule has 2 aromatic heterocycles. The van der Waals surface area contributed by atoms with E-state index in [-0.39, 0.29) is 41.6 Å². The molecule has 0 unspecified atom stereocenters. The van der Waals surface area contributed by atoms with Crippen molar-refractivity contribution in [1.82, 2.24) is 23.6 Å². The first-order chi connectivity index (χ1) is 17.4. The van der Waals surface area contributed by atoms with Crippen LogP contribution in [-0.4, -0.2) is 50.4 Å². The van der Waals surface area contributed by atoms with Crippen molar-refractivity contribution >= 4 is 22.8 Å². The molecule has 0 amide bonds. The van der Waals surface area contributed by atoms with E-state index in [1.165, 1.54) is 40.4 Å². The maximum atomic E-state index is 13.3. The second-order valence-corrected chi connectivity index (χ2v) is 9.36. The molecule has 0 spiro atoms. The third-order valence-corrected chi connectivity index (χ3v) is 5.98. The van der Waals surface area contributed by atoms with E-state index in [4.69, 9.17) is 16.3 Å². The molecule has 0 saturated carbocycles. The molecule has 0 atom stereocenters. The van der Waals surface area contributed by atoms with Crippen molar-refractivity contribution in [3.8, 4) is 11.8 Å². The van der Waals surface area contributed by atoms with Crippen LogP contribution in [0.25, 0.3) is 11.2 Å². The van der Waals surface area contributed by atoms with Crippen LogP contribution in [0, 0.1) is 0 Å². The van der Waals surface area contributed by atoms with Gasteiger partial charge in [0.1, 0.15) is 5.75 Å². The molecule has 0 aliphatic heterocycles. The highest BCUT2D eigenvalue weighted by Crippen LogP contribution is 2.28. The van der Waals surface area contributed by atoms with Gasteiger partial charge in [0, 0.05) is 25.2 Å². The third-order valence-electron chi connectivity index (χ3n) is 5.73. The molecule has 2 aromatic carbocycles. The normalized spacial score (nSPS) is 12.0. The second-order valence-electron chi connectivity index (χ2n) is 8.92. The van der Waals surface area contributed by atoms with Gasteiger partial charge in [-0.1, -0.05) is 35.9 Å². The number of aromatic nitrogens is 4. The topological polar surface area (TPSA) is 74.3 Å². The summed E-state index contributed by atoms with van der Waals surface area (Å²) in [5.74, 6) is 0.119. The molecule has 4 rings (SSSR count). The molecule has 196 valence electrons. The Morgan fingerprint density at radius 1 is 1.03 bits per heavy atom. The van der Waals surface area contributed by atoms with Crippen LogP contribution in [0.3, 0.4) is 0 Å². The Balaban J connectivity index is 1.88. The number of benzene rings is 2. The van der Waals surface area contributed by atoms with Gasteiger partial charge in [0.05, 0.1) is 13.0 Å². The predicted octanol–water partition coefficient (Wildman–Crippen LogP) is 4.06. The fourth-order valence-corrected chi connectivity index (χ4v) is 4.02. The van der Waals surface area contributed by atoms with Crippen molar-refractivity contribution in [3.63, 3.8) is 0 Å². The van der Waals surface area contributed by atoms with E-state index in [1.807, 2.05) is 19.0 Å². The van der Waals surface area contributed by atoms with Gasteiger partial charge < -0.3 is 9.64 Å². The number of ether oxygens (including phenoxy) is 1. The smallest absolute Gasteiger partial charge is 0.393 e. The lowest BCUT2D eigenvalue weighted by Crippen LogP contribution is -2.40. The summed E-state index contributed by atoms with van der Waals surface area (Å²) in [5.41, 5.74) is -0.0447. The van der Waals surface area contributed by atoms with Crippen LogP contribution in [0.4, 0.5) is 13.2 Å². The van der Waals surface area contributed by atoms with E-state index in [0.717, 1.165) is 10.1 Å². The van der Waals surface area contributed by atoms with Crippen LogP contribution < -0.4 is 16.0 Å². The summed E-state index contributed by atoms with van der Waals surface area (Å²) in [7, 11) is 5.09. The van der Waals surface area contributed by atoms with Crippen LogP contribution in [0.1, 0.15) is 11.1 Å². The molecule has 0 aliphatic rings. The summed E-state index contributed by atoms with van der Waals surface area (Å²) in [5, 5.41) is 0.533. The van der Waals surface area contributed by atoms with Gasteiger partial charge in [0.15, 0.2) is 11.2 Å². The lowest BCUT2D eigenvalue weighted by molar-refractivity contribution is -0.127. The number of likely N-dealkylation sites (N-methyl/N-ethyl adjacent to an activating group) is 1. The van der Waals surface area contributed by atoms with Crippen molar-refractivity contribution in [3.05, 3.63) is 85.5 Å². The summed E-state index contributed by atoms with van der Waals surface area (Å²) in [4.78, 5) is 32.6. The minimum Gasteiger partial charge on any atom is -0.425 e. The van der Waals surface area contributed by atoms with Crippen molar-refractivity contribution < 1.29 is 17.9 Å². The average molecular weight is 536 g/mol. The molecule has 0 radical (unpaired) electrons. The zero-order chi connectivity index (χ0) is 26.9. The minimum absolute atomic E-state index is 0.0177. The van der Waals surface area contributed by atoms with Crippen LogP contribution in [0.5, 0.6) is 11.8 Å². The maximum Gasteiger partial charge on any atom is 0.393 e. The van der Waals surface area contributed by atoms with E-state index in [9.17, 15) is 22.8 Å². The predicted molar refractivity (Wildman–Crippen MR) is 135 cm³/mol. The first-order valence-electron chi connectivity index (χ1n) is 11.4. The number of nitrogens with zero attached hydrogens (tertiary/aromatic N) is 5. The van der Waals surface area contributed by atoms with E-state index in [2.05, 4.69) is 4.98 Å². The van der Waals surface area contributed by atoms with Crippen LogP contribution in [0.15, 0.2) is 58.1 Å². The Morgan fingerprint density at radius 2 is 1.73 bits per heavy atom.